The van der Waals surface area contributed by atoms with Crippen molar-refractivity contribution < 1.29 is 9.53 Å². The molecule has 8 heteroatoms. The Morgan fingerprint density at radius 2 is 1.81 bits per heavy atom. The number of carbonyl (C=O) groups excluding carboxylic acids is 1. The van der Waals surface area contributed by atoms with Gasteiger partial charge in [-0.1, -0.05) is 36.4 Å². The number of anilines is 3. The number of rotatable bonds is 7. The highest BCUT2D eigenvalue weighted by Crippen LogP contribution is 2.20. The summed E-state index contributed by atoms with van der Waals surface area (Å²) in [5.41, 5.74) is 1.34. The Morgan fingerprint density at radius 3 is 2.58 bits per heavy atom. The minimum Gasteiger partial charge on any atom is -0.497 e. The van der Waals surface area contributed by atoms with Gasteiger partial charge in [0.25, 0.3) is 0 Å². The minimum absolute atomic E-state index is 0.0139. The van der Waals surface area contributed by atoms with Crippen LogP contribution in [0.5, 0.6) is 5.75 Å². The van der Waals surface area contributed by atoms with Crippen LogP contribution in [0, 0.1) is 0 Å². The largest absolute Gasteiger partial charge is 0.497 e. The maximum absolute atomic E-state index is 12.2. The summed E-state index contributed by atoms with van der Waals surface area (Å²) < 4.78 is 5.18. The molecule has 0 unspecified atom stereocenters. The second-order valence-corrected chi connectivity index (χ2v) is 5.59. The number of methoxy groups -OCH3 is 1. The first-order valence-corrected chi connectivity index (χ1v) is 8.16. The van der Waals surface area contributed by atoms with E-state index in [4.69, 9.17) is 16.3 Å². The Bertz CT molecular complexity index is 905. The van der Waals surface area contributed by atoms with Crippen LogP contribution >= 0.6 is 11.6 Å². The van der Waals surface area contributed by atoms with E-state index in [2.05, 4.69) is 25.6 Å². The monoisotopic (exact) mass is 369 g/mol. The summed E-state index contributed by atoms with van der Waals surface area (Å²) in [4.78, 5) is 24.4. The van der Waals surface area contributed by atoms with Gasteiger partial charge in [0.2, 0.25) is 17.2 Å². The van der Waals surface area contributed by atoms with Gasteiger partial charge in [-0.05, 0) is 23.7 Å². The van der Waals surface area contributed by atoms with Crippen LogP contribution in [-0.2, 0) is 0 Å². The first-order valence-electron chi connectivity index (χ1n) is 7.79. The molecular formula is C18H16ClN5O2. The Balaban J connectivity index is 1.70. The van der Waals surface area contributed by atoms with E-state index < -0.39 is 0 Å². The van der Waals surface area contributed by atoms with Gasteiger partial charge in [0.05, 0.1) is 13.7 Å². The molecular weight excluding hydrogens is 354 g/mol. The lowest BCUT2D eigenvalue weighted by atomic mass is 10.1. The van der Waals surface area contributed by atoms with Crippen LogP contribution in [0.2, 0.25) is 5.28 Å². The zero-order valence-corrected chi connectivity index (χ0v) is 14.7. The zero-order valence-electron chi connectivity index (χ0n) is 13.9. The fourth-order valence-corrected chi connectivity index (χ4v) is 2.36. The molecule has 3 aromatic rings. The van der Waals surface area contributed by atoms with Gasteiger partial charge >= 0.3 is 0 Å². The lowest BCUT2D eigenvalue weighted by Crippen LogP contribution is -2.16. The summed E-state index contributed by atoms with van der Waals surface area (Å²) >= 11 is 5.96. The third-order valence-corrected chi connectivity index (χ3v) is 3.61. The second-order valence-electron chi connectivity index (χ2n) is 5.25. The van der Waals surface area contributed by atoms with E-state index in [0.29, 0.717) is 11.3 Å². The van der Waals surface area contributed by atoms with Gasteiger partial charge in [-0.2, -0.15) is 15.0 Å². The summed E-state index contributed by atoms with van der Waals surface area (Å²) in [6.45, 7) is 0.0446. The van der Waals surface area contributed by atoms with E-state index in [-0.39, 0.29) is 29.5 Å². The molecule has 0 spiro atoms. The van der Waals surface area contributed by atoms with Crippen molar-refractivity contribution in [3.8, 4) is 5.75 Å². The molecule has 0 aliphatic heterocycles. The van der Waals surface area contributed by atoms with Crippen molar-refractivity contribution in [1.82, 2.24) is 15.0 Å². The SMILES string of the molecule is COc1cccc(Nc2nc(Cl)nc(NCC(=O)c3ccccc3)n2)c1. The number of carbonyl (C=O) groups is 1. The molecule has 7 nitrogen and oxygen atoms in total. The molecule has 0 radical (unpaired) electrons. The van der Waals surface area contributed by atoms with E-state index >= 15 is 0 Å². The van der Waals surface area contributed by atoms with E-state index in [1.54, 1.807) is 25.3 Å². The Labute approximate surface area is 155 Å². The molecule has 0 fully saturated rings. The van der Waals surface area contributed by atoms with Crippen molar-refractivity contribution in [2.75, 3.05) is 24.3 Å². The quantitative estimate of drug-likeness (QED) is 0.615. The van der Waals surface area contributed by atoms with Crippen molar-refractivity contribution in [3.63, 3.8) is 0 Å². The van der Waals surface area contributed by atoms with Crippen LogP contribution in [0.4, 0.5) is 17.6 Å². The van der Waals surface area contributed by atoms with Crippen LogP contribution < -0.4 is 15.4 Å². The van der Waals surface area contributed by atoms with E-state index in [1.165, 1.54) is 0 Å². The fourth-order valence-electron chi connectivity index (χ4n) is 2.20. The number of hydrogen-bond donors (Lipinski definition) is 2. The van der Waals surface area contributed by atoms with Crippen molar-refractivity contribution in [3.05, 3.63) is 65.4 Å². The molecule has 2 N–H and O–H groups in total. The molecule has 1 heterocycles. The predicted molar refractivity (Wildman–Crippen MR) is 100 cm³/mol. The van der Waals surface area contributed by atoms with Gasteiger partial charge in [-0.15, -0.1) is 0 Å². The smallest absolute Gasteiger partial charge is 0.233 e. The normalized spacial score (nSPS) is 10.2. The number of aromatic nitrogens is 3. The summed E-state index contributed by atoms with van der Waals surface area (Å²) in [6, 6.07) is 16.3. The highest BCUT2D eigenvalue weighted by Gasteiger charge is 2.09. The lowest BCUT2D eigenvalue weighted by Gasteiger charge is -2.09. The van der Waals surface area contributed by atoms with Crippen LogP contribution in [0.25, 0.3) is 0 Å². The minimum atomic E-state index is -0.0792. The number of Topliss-reactive ketones (excluding diaryl/α,β-unsaturated/α-hetero) is 1. The first-order chi connectivity index (χ1) is 12.6. The number of halogens is 1. The number of nitrogens with zero attached hydrogens (tertiary/aromatic N) is 3. The van der Waals surface area contributed by atoms with Crippen molar-refractivity contribution >= 4 is 35.0 Å². The summed E-state index contributed by atoms with van der Waals surface area (Å²) in [5, 5.41) is 5.91. The van der Waals surface area contributed by atoms with Crippen molar-refractivity contribution in [2.45, 2.75) is 0 Å². The first kappa shape index (κ1) is 17.6. The summed E-state index contributed by atoms with van der Waals surface area (Å²) in [5.74, 6) is 1.08. The number of nitrogens with one attached hydrogen (secondary N) is 2. The molecule has 3 rings (SSSR count). The standard InChI is InChI=1S/C18H16ClN5O2/c1-26-14-9-5-8-13(10-14)21-18-23-16(19)22-17(24-18)20-11-15(25)12-6-3-2-4-7-12/h2-10H,11H2,1H3,(H2,20,21,22,23,24). The van der Waals surface area contributed by atoms with Gasteiger partial charge in [0.1, 0.15) is 5.75 Å². The van der Waals surface area contributed by atoms with Crippen LogP contribution in [0.3, 0.4) is 0 Å². The van der Waals surface area contributed by atoms with Gasteiger partial charge in [-0.3, -0.25) is 4.79 Å². The molecule has 132 valence electrons. The molecule has 0 aliphatic carbocycles. The maximum atomic E-state index is 12.2. The molecule has 0 aliphatic rings. The van der Waals surface area contributed by atoms with Crippen molar-refractivity contribution in [1.29, 1.82) is 0 Å². The van der Waals surface area contributed by atoms with Gasteiger partial charge in [0, 0.05) is 17.3 Å². The molecule has 0 atom stereocenters. The Morgan fingerprint density at radius 1 is 1.04 bits per heavy atom. The zero-order chi connectivity index (χ0) is 18.4. The third-order valence-electron chi connectivity index (χ3n) is 3.44. The number of ether oxygens (including phenoxy) is 1. The van der Waals surface area contributed by atoms with Crippen LogP contribution in [0.15, 0.2) is 54.6 Å². The predicted octanol–water partition coefficient (Wildman–Crippen LogP) is 3.57. The molecule has 1 aromatic heterocycles. The Hall–Kier alpha value is -3.19. The maximum Gasteiger partial charge on any atom is 0.233 e. The average molecular weight is 370 g/mol. The van der Waals surface area contributed by atoms with Crippen molar-refractivity contribution in [2.24, 2.45) is 0 Å². The number of ketones is 1. The van der Waals surface area contributed by atoms with Crippen LogP contribution in [0.1, 0.15) is 10.4 Å². The van der Waals surface area contributed by atoms with E-state index in [0.717, 1.165) is 5.69 Å². The van der Waals surface area contributed by atoms with Gasteiger partial charge < -0.3 is 15.4 Å². The number of benzene rings is 2. The molecule has 26 heavy (non-hydrogen) atoms. The molecule has 2 aromatic carbocycles. The summed E-state index contributed by atoms with van der Waals surface area (Å²) in [7, 11) is 1.59. The molecule has 0 saturated heterocycles. The fraction of sp³-hybridized carbons (Fsp3) is 0.111. The molecule has 0 bridgehead atoms. The van der Waals surface area contributed by atoms with Gasteiger partial charge in [-0.25, -0.2) is 0 Å². The Kier molecular flexibility index (Phi) is 5.60. The van der Waals surface area contributed by atoms with E-state index in [1.807, 2.05) is 36.4 Å². The molecule has 0 amide bonds. The van der Waals surface area contributed by atoms with Gasteiger partial charge in [0.15, 0.2) is 5.78 Å². The number of hydrogen-bond acceptors (Lipinski definition) is 7. The second kappa shape index (κ2) is 8.26. The van der Waals surface area contributed by atoms with Crippen LogP contribution in [-0.4, -0.2) is 34.4 Å². The topological polar surface area (TPSA) is 89.0 Å². The third kappa shape index (κ3) is 4.67. The average Bonchev–Trinajstić information content (AvgIpc) is 2.66. The highest BCUT2D eigenvalue weighted by atomic mass is 35.5. The lowest BCUT2D eigenvalue weighted by molar-refractivity contribution is 0.101. The van der Waals surface area contributed by atoms with E-state index in [9.17, 15) is 4.79 Å². The summed E-state index contributed by atoms with van der Waals surface area (Å²) in [6.07, 6.45) is 0. The molecule has 0 saturated carbocycles. The highest BCUT2D eigenvalue weighted by molar-refractivity contribution is 6.28.